The monoisotopic (exact) mass is 228 g/mol. The molecule has 1 aliphatic heterocycles. The van der Waals surface area contributed by atoms with E-state index in [4.69, 9.17) is 5.11 Å². The van der Waals surface area contributed by atoms with Gasteiger partial charge in [0.1, 0.15) is 6.04 Å². The fourth-order valence-corrected chi connectivity index (χ4v) is 1.83. The lowest BCUT2D eigenvalue weighted by molar-refractivity contribution is -0.140. The van der Waals surface area contributed by atoms with Crippen molar-refractivity contribution in [2.45, 2.75) is 39.2 Å². The van der Waals surface area contributed by atoms with E-state index in [2.05, 4.69) is 5.32 Å². The summed E-state index contributed by atoms with van der Waals surface area (Å²) in [7, 11) is 0. The molecule has 1 rings (SSSR count). The van der Waals surface area contributed by atoms with Crippen LogP contribution in [0.5, 0.6) is 0 Å². The van der Waals surface area contributed by atoms with Crippen LogP contribution in [0.4, 0.5) is 4.79 Å². The summed E-state index contributed by atoms with van der Waals surface area (Å²) in [5.74, 6) is -1.08. The molecule has 1 aliphatic rings. The Morgan fingerprint density at radius 2 is 1.75 bits per heavy atom. The smallest absolute Gasteiger partial charge is 0.326 e. The SMILES string of the molecule is CC(C)C(NC(=O)N1CCCCC1)C(=O)O. The molecule has 0 aromatic rings. The summed E-state index contributed by atoms with van der Waals surface area (Å²) in [6.07, 6.45) is 3.16. The fraction of sp³-hybridized carbons (Fsp3) is 0.818. The highest BCUT2D eigenvalue weighted by molar-refractivity contribution is 5.82. The zero-order chi connectivity index (χ0) is 12.1. The van der Waals surface area contributed by atoms with Gasteiger partial charge in [-0.1, -0.05) is 13.8 Å². The van der Waals surface area contributed by atoms with E-state index in [0.29, 0.717) is 0 Å². The van der Waals surface area contributed by atoms with E-state index in [1.165, 1.54) is 0 Å². The van der Waals surface area contributed by atoms with Crippen molar-refractivity contribution in [3.8, 4) is 0 Å². The van der Waals surface area contributed by atoms with Crippen LogP contribution in [0.25, 0.3) is 0 Å². The number of nitrogens with zero attached hydrogens (tertiary/aromatic N) is 1. The number of carboxylic acid groups (broad SMARTS) is 1. The average molecular weight is 228 g/mol. The highest BCUT2D eigenvalue weighted by Gasteiger charge is 2.26. The molecule has 1 fully saturated rings. The topological polar surface area (TPSA) is 69.6 Å². The Morgan fingerprint density at radius 3 is 2.19 bits per heavy atom. The molecule has 5 heteroatoms. The highest BCUT2D eigenvalue weighted by Crippen LogP contribution is 2.10. The number of urea groups is 1. The highest BCUT2D eigenvalue weighted by atomic mass is 16.4. The number of hydrogen-bond donors (Lipinski definition) is 2. The summed E-state index contributed by atoms with van der Waals surface area (Å²) in [4.78, 5) is 24.4. The van der Waals surface area contributed by atoms with Gasteiger partial charge < -0.3 is 15.3 Å². The first kappa shape index (κ1) is 12.8. The molecule has 0 aliphatic carbocycles. The predicted octanol–water partition coefficient (Wildman–Crippen LogP) is 1.29. The van der Waals surface area contributed by atoms with Crippen LogP contribution < -0.4 is 5.32 Å². The Labute approximate surface area is 95.8 Å². The van der Waals surface area contributed by atoms with E-state index in [0.717, 1.165) is 32.4 Å². The second kappa shape index (κ2) is 5.72. The minimum atomic E-state index is -0.972. The third-order valence-corrected chi connectivity index (χ3v) is 2.85. The second-order valence-electron chi connectivity index (χ2n) is 4.56. The molecule has 92 valence electrons. The molecule has 0 spiro atoms. The first-order valence-electron chi connectivity index (χ1n) is 5.80. The normalized spacial score (nSPS) is 18.3. The lowest BCUT2D eigenvalue weighted by Gasteiger charge is -2.29. The molecule has 5 nitrogen and oxygen atoms in total. The Balaban J connectivity index is 2.50. The van der Waals surface area contributed by atoms with Crippen molar-refractivity contribution in [1.29, 1.82) is 0 Å². The molecule has 1 atom stereocenters. The van der Waals surface area contributed by atoms with Crippen LogP contribution in [0, 0.1) is 5.92 Å². The van der Waals surface area contributed by atoms with Gasteiger partial charge in [-0.15, -0.1) is 0 Å². The quantitative estimate of drug-likeness (QED) is 0.764. The van der Waals surface area contributed by atoms with Crippen LogP contribution in [0.2, 0.25) is 0 Å². The number of aliphatic carboxylic acids is 1. The summed E-state index contributed by atoms with van der Waals surface area (Å²) in [6.45, 7) is 5.04. The third-order valence-electron chi connectivity index (χ3n) is 2.85. The van der Waals surface area contributed by atoms with Gasteiger partial charge in [-0.25, -0.2) is 9.59 Å². The molecule has 2 N–H and O–H groups in total. The molecule has 0 aromatic heterocycles. The van der Waals surface area contributed by atoms with Crippen molar-refractivity contribution in [2.24, 2.45) is 5.92 Å². The van der Waals surface area contributed by atoms with Gasteiger partial charge in [0, 0.05) is 13.1 Å². The van der Waals surface area contributed by atoms with Gasteiger partial charge in [-0.2, -0.15) is 0 Å². The standard InChI is InChI=1S/C11H20N2O3/c1-8(2)9(10(14)15)12-11(16)13-6-4-3-5-7-13/h8-9H,3-7H2,1-2H3,(H,12,16)(H,14,15). The van der Waals surface area contributed by atoms with E-state index in [1.54, 1.807) is 18.7 Å². The summed E-state index contributed by atoms with van der Waals surface area (Å²) < 4.78 is 0. The zero-order valence-electron chi connectivity index (χ0n) is 9.90. The van der Waals surface area contributed by atoms with Gasteiger partial charge in [0.2, 0.25) is 0 Å². The minimum Gasteiger partial charge on any atom is -0.480 e. The van der Waals surface area contributed by atoms with Crippen LogP contribution >= 0.6 is 0 Å². The van der Waals surface area contributed by atoms with Crippen LogP contribution in [-0.4, -0.2) is 41.1 Å². The largest absolute Gasteiger partial charge is 0.480 e. The summed E-state index contributed by atoms with van der Waals surface area (Å²) >= 11 is 0. The number of piperidine rings is 1. The van der Waals surface area contributed by atoms with Crippen molar-refractivity contribution in [3.63, 3.8) is 0 Å². The molecular weight excluding hydrogens is 208 g/mol. The number of amides is 2. The number of carbonyl (C=O) groups is 2. The minimum absolute atomic E-state index is 0.105. The summed E-state index contributed by atoms with van der Waals surface area (Å²) in [6, 6.07) is -1.05. The Hall–Kier alpha value is -1.26. The van der Waals surface area contributed by atoms with Crippen LogP contribution in [0.1, 0.15) is 33.1 Å². The van der Waals surface area contributed by atoms with Gasteiger partial charge in [0.25, 0.3) is 0 Å². The molecule has 0 radical (unpaired) electrons. The average Bonchev–Trinajstić information content (AvgIpc) is 2.25. The van der Waals surface area contributed by atoms with E-state index in [-0.39, 0.29) is 11.9 Å². The number of rotatable bonds is 3. The molecule has 1 heterocycles. The maximum atomic E-state index is 11.8. The molecule has 2 amide bonds. The van der Waals surface area contributed by atoms with E-state index < -0.39 is 12.0 Å². The maximum Gasteiger partial charge on any atom is 0.326 e. The van der Waals surface area contributed by atoms with E-state index >= 15 is 0 Å². The van der Waals surface area contributed by atoms with Crippen LogP contribution in [-0.2, 0) is 4.79 Å². The van der Waals surface area contributed by atoms with Gasteiger partial charge in [-0.05, 0) is 25.2 Å². The van der Waals surface area contributed by atoms with Gasteiger partial charge >= 0.3 is 12.0 Å². The third kappa shape index (κ3) is 3.40. The molecule has 1 unspecified atom stereocenters. The zero-order valence-corrected chi connectivity index (χ0v) is 9.90. The van der Waals surface area contributed by atoms with Crippen LogP contribution in [0.3, 0.4) is 0 Å². The Bertz CT molecular complexity index is 260. The first-order valence-corrected chi connectivity index (χ1v) is 5.80. The number of hydrogen-bond acceptors (Lipinski definition) is 2. The van der Waals surface area contributed by atoms with Crippen molar-refractivity contribution < 1.29 is 14.7 Å². The number of nitrogens with one attached hydrogen (secondary N) is 1. The predicted molar refractivity (Wildman–Crippen MR) is 60.2 cm³/mol. The van der Waals surface area contributed by atoms with Gasteiger partial charge in [0.15, 0.2) is 0 Å². The van der Waals surface area contributed by atoms with Crippen molar-refractivity contribution >= 4 is 12.0 Å². The molecule has 16 heavy (non-hydrogen) atoms. The molecule has 0 aromatic carbocycles. The molecule has 0 saturated carbocycles. The lowest BCUT2D eigenvalue weighted by atomic mass is 10.1. The number of likely N-dealkylation sites (tertiary alicyclic amines) is 1. The second-order valence-corrected chi connectivity index (χ2v) is 4.56. The molecule has 1 saturated heterocycles. The summed E-state index contributed by atoms with van der Waals surface area (Å²) in [5.41, 5.74) is 0. The Kier molecular flexibility index (Phi) is 4.58. The van der Waals surface area contributed by atoms with Crippen LogP contribution in [0.15, 0.2) is 0 Å². The van der Waals surface area contributed by atoms with E-state index in [9.17, 15) is 9.59 Å². The van der Waals surface area contributed by atoms with Gasteiger partial charge in [-0.3, -0.25) is 0 Å². The lowest BCUT2D eigenvalue weighted by Crippen LogP contribution is -2.51. The van der Waals surface area contributed by atoms with Gasteiger partial charge in [0.05, 0.1) is 0 Å². The first-order chi connectivity index (χ1) is 7.52. The number of carbonyl (C=O) groups excluding carboxylic acids is 1. The van der Waals surface area contributed by atoms with E-state index in [1.807, 2.05) is 0 Å². The van der Waals surface area contributed by atoms with Crippen molar-refractivity contribution in [1.82, 2.24) is 10.2 Å². The van der Waals surface area contributed by atoms with Crippen molar-refractivity contribution in [3.05, 3.63) is 0 Å². The van der Waals surface area contributed by atoms with Crippen molar-refractivity contribution in [2.75, 3.05) is 13.1 Å². The molecular formula is C11H20N2O3. The maximum absolute atomic E-state index is 11.8. The fourth-order valence-electron chi connectivity index (χ4n) is 1.83. The summed E-state index contributed by atoms with van der Waals surface area (Å²) in [5, 5.41) is 11.5. The Morgan fingerprint density at radius 1 is 1.19 bits per heavy atom. The number of carboxylic acids is 1. The molecule has 0 bridgehead atoms.